The molecule has 1 saturated heterocycles. The third-order valence-electron chi connectivity index (χ3n) is 3.95. The molecule has 0 radical (unpaired) electrons. The average Bonchev–Trinajstić information content (AvgIpc) is 2.85. The zero-order valence-corrected chi connectivity index (χ0v) is 13.0. The van der Waals surface area contributed by atoms with Gasteiger partial charge < -0.3 is 9.42 Å². The summed E-state index contributed by atoms with van der Waals surface area (Å²) in [5.74, 6) is 0.0548. The van der Waals surface area contributed by atoms with E-state index in [4.69, 9.17) is 4.52 Å². The van der Waals surface area contributed by atoms with Crippen LogP contribution in [0, 0.1) is 0 Å². The first-order valence-corrected chi connectivity index (χ1v) is 8.44. The second-order valence-corrected chi connectivity index (χ2v) is 8.06. The predicted molar refractivity (Wildman–Crippen MR) is 74.3 cm³/mol. The first-order chi connectivity index (χ1) is 9.24. The normalized spacial score (nSPS) is 25.9. The molecule has 0 spiro atoms. The number of aromatic nitrogens is 1. The molecule has 1 amide bonds. The van der Waals surface area contributed by atoms with Gasteiger partial charge >= 0.3 is 0 Å². The standard InChI is InChI=1S/C13H20N2O4S/c1-8(2)11-7-12(19-14-11)13(16)15-5-6-20(17,18)10(4)9(15)3/h7-10H,5-6H2,1-4H3/t9-,10-/m1/s1. The molecule has 2 heterocycles. The Morgan fingerprint density at radius 3 is 2.65 bits per heavy atom. The Bertz CT molecular complexity index is 606. The summed E-state index contributed by atoms with van der Waals surface area (Å²) in [7, 11) is -3.11. The molecule has 112 valence electrons. The molecule has 0 bridgehead atoms. The lowest BCUT2D eigenvalue weighted by molar-refractivity contribution is 0.0650. The van der Waals surface area contributed by atoms with Gasteiger partial charge in [-0.25, -0.2) is 8.42 Å². The van der Waals surface area contributed by atoms with Gasteiger partial charge in [0.1, 0.15) is 0 Å². The van der Waals surface area contributed by atoms with Crippen LogP contribution in [0.15, 0.2) is 10.6 Å². The highest BCUT2D eigenvalue weighted by Gasteiger charge is 2.39. The topological polar surface area (TPSA) is 80.5 Å². The summed E-state index contributed by atoms with van der Waals surface area (Å²) in [6.45, 7) is 7.51. The van der Waals surface area contributed by atoms with Crippen molar-refractivity contribution < 1.29 is 17.7 Å². The Kier molecular flexibility index (Phi) is 3.90. The van der Waals surface area contributed by atoms with Crippen molar-refractivity contribution in [2.75, 3.05) is 12.3 Å². The maximum atomic E-state index is 12.4. The van der Waals surface area contributed by atoms with E-state index in [1.54, 1.807) is 24.8 Å². The SMILES string of the molecule is CC(C)c1cc(C(=O)N2CCS(=O)(=O)[C@H](C)[C@H]2C)on1. The number of carbonyl (C=O) groups excluding carboxylic acids is 1. The van der Waals surface area contributed by atoms with E-state index in [-0.39, 0.29) is 35.9 Å². The van der Waals surface area contributed by atoms with Gasteiger partial charge in [0.2, 0.25) is 5.76 Å². The molecule has 2 rings (SSSR count). The van der Waals surface area contributed by atoms with E-state index in [0.717, 1.165) is 5.69 Å². The number of hydrogen-bond acceptors (Lipinski definition) is 5. The number of carbonyl (C=O) groups is 1. The number of amides is 1. The lowest BCUT2D eigenvalue weighted by Gasteiger charge is -2.36. The minimum atomic E-state index is -3.11. The van der Waals surface area contributed by atoms with Gasteiger partial charge in [-0.3, -0.25) is 4.79 Å². The van der Waals surface area contributed by atoms with Crippen LogP contribution < -0.4 is 0 Å². The lowest BCUT2D eigenvalue weighted by Crippen LogP contribution is -2.54. The van der Waals surface area contributed by atoms with E-state index >= 15 is 0 Å². The molecule has 1 aliphatic rings. The highest BCUT2D eigenvalue weighted by atomic mass is 32.2. The summed E-state index contributed by atoms with van der Waals surface area (Å²) < 4.78 is 28.7. The van der Waals surface area contributed by atoms with Gasteiger partial charge in [-0.15, -0.1) is 0 Å². The fraction of sp³-hybridized carbons (Fsp3) is 0.692. The monoisotopic (exact) mass is 300 g/mol. The maximum Gasteiger partial charge on any atom is 0.292 e. The van der Waals surface area contributed by atoms with E-state index in [0.29, 0.717) is 0 Å². The van der Waals surface area contributed by atoms with Gasteiger partial charge in [-0.1, -0.05) is 19.0 Å². The van der Waals surface area contributed by atoms with E-state index in [1.165, 1.54) is 0 Å². The molecule has 20 heavy (non-hydrogen) atoms. The molecule has 0 N–H and O–H groups in total. The van der Waals surface area contributed by atoms with E-state index in [2.05, 4.69) is 5.16 Å². The smallest absolute Gasteiger partial charge is 0.292 e. The number of rotatable bonds is 2. The Hall–Kier alpha value is -1.37. The molecule has 2 atom stereocenters. The molecule has 0 aromatic carbocycles. The summed E-state index contributed by atoms with van der Waals surface area (Å²) >= 11 is 0. The van der Waals surface area contributed by atoms with E-state index < -0.39 is 15.1 Å². The summed E-state index contributed by atoms with van der Waals surface area (Å²) in [5, 5.41) is 3.30. The number of hydrogen-bond donors (Lipinski definition) is 0. The molecular formula is C13H20N2O4S. The second kappa shape index (κ2) is 5.20. The molecule has 1 aliphatic heterocycles. The molecule has 1 fully saturated rings. The number of sulfone groups is 1. The van der Waals surface area contributed by atoms with Crippen LogP contribution in [0.2, 0.25) is 0 Å². The Labute approximate surface area is 119 Å². The maximum absolute atomic E-state index is 12.4. The van der Waals surface area contributed by atoms with E-state index in [9.17, 15) is 13.2 Å². The van der Waals surface area contributed by atoms with Gasteiger partial charge in [0.15, 0.2) is 9.84 Å². The van der Waals surface area contributed by atoms with Crippen LogP contribution in [-0.4, -0.2) is 48.0 Å². The molecule has 6 nitrogen and oxygen atoms in total. The van der Waals surface area contributed by atoms with Gasteiger partial charge in [0, 0.05) is 18.7 Å². The Morgan fingerprint density at radius 2 is 2.10 bits per heavy atom. The van der Waals surface area contributed by atoms with Crippen LogP contribution in [0.1, 0.15) is 49.9 Å². The van der Waals surface area contributed by atoms with Crippen molar-refractivity contribution in [1.82, 2.24) is 10.1 Å². The van der Waals surface area contributed by atoms with Gasteiger partial charge in [-0.05, 0) is 19.8 Å². The molecule has 7 heteroatoms. The average molecular weight is 300 g/mol. The van der Waals surface area contributed by atoms with Gasteiger partial charge in [0.05, 0.1) is 16.7 Å². The van der Waals surface area contributed by atoms with Crippen molar-refractivity contribution in [3.8, 4) is 0 Å². The first-order valence-electron chi connectivity index (χ1n) is 6.73. The first kappa shape index (κ1) is 15.0. The van der Waals surface area contributed by atoms with Crippen molar-refractivity contribution in [3.63, 3.8) is 0 Å². The van der Waals surface area contributed by atoms with E-state index in [1.807, 2.05) is 13.8 Å². The largest absolute Gasteiger partial charge is 0.351 e. The van der Waals surface area contributed by atoms with Gasteiger partial charge in [-0.2, -0.15) is 0 Å². The van der Waals surface area contributed by atoms with Crippen LogP contribution in [0.4, 0.5) is 0 Å². The minimum absolute atomic E-state index is 0.00454. The Balaban J connectivity index is 2.21. The highest BCUT2D eigenvalue weighted by molar-refractivity contribution is 7.92. The van der Waals surface area contributed by atoms with Crippen molar-refractivity contribution in [3.05, 3.63) is 17.5 Å². The molecule has 0 saturated carbocycles. The van der Waals surface area contributed by atoms with Crippen molar-refractivity contribution in [2.24, 2.45) is 0 Å². The fourth-order valence-corrected chi connectivity index (χ4v) is 3.83. The number of nitrogens with zero attached hydrogens (tertiary/aromatic N) is 2. The zero-order chi connectivity index (χ0) is 15.1. The van der Waals surface area contributed by atoms with Gasteiger partial charge in [0.25, 0.3) is 5.91 Å². The van der Waals surface area contributed by atoms with Crippen molar-refractivity contribution >= 4 is 15.7 Å². The summed E-state index contributed by atoms with van der Waals surface area (Å²) in [4.78, 5) is 14.0. The molecule has 0 unspecified atom stereocenters. The van der Waals surface area contributed by atoms with Crippen molar-refractivity contribution in [1.29, 1.82) is 0 Å². The van der Waals surface area contributed by atoms with Crippen LogP contribution in [0.25, 0.3) is 0 Å². The van der Waals surface area contributed by atoms with Crippen LogP contribution >= 0.6 is 0 Å². The zero-order valence-electron chi connectivity index (χ0n) is 12.2. The molecular weight excluding hydrogens is 280 g/mol. The third-order valence-corrected chi connectivity index (χ3v) is 6.22. The third kappa shape index (κ3) is 2.59. The fourth-order valence-electron chi connectivity index (χ4n) is 2.26. The second-order valence-electron chi connectivity index (χ2n) is 5.58. The Morgan fingerprint density at radius 1 is 1.45 bits per heavy atom. The predicted octanol–water partition coefficient (Wildman–Crippen LogP) is 1.45. The molecule has 1 aromatic rings. The summed E-state index contributed by atoms with van der Waals surface area (Å²) in [5.41, 5.74) is 0.721. The molecule has 0 aliphatic carbocycles. The highest BCUT2D eigenvalue weighted by Crippen LogP contribution is 2.22. The summed E-state index contributed by atoms with van der Waals surface area (Å²) in [6.07, 6.45) is 0. The lowest BCUT2D eigenvalue weighted by atomic mass is 10.1. The minimum Gasteiger partial charge on any atom is -0.351 e. The quantitative estimate of drug-likeness (QED) is 0.825. The summed E-state index contributed by atoms with van der Waals surface area (Å²) in [6, 6.07) is 1.27. The van der Waals surface area contributed by atoms with Crippen molar-refractivity contribution in [2.45, 2.75) is 44.9 Å². The van der Waals surface area contributed by atoms with Crippen LogP contribution in [0.5, 0.6) is 0 Å². The van der Waals surface area contributed by atoms with Crippen LogP contribution in [0.3, 0.4) is 0 Å². The molecule has 1 aromatic heterocycles. The van der Waals surface area contributed by atoms with Crippen LogP contribution in [-0.2, 0) is 9.84 Å².